The Morgan fingerprint density at radius 1 is 1.00 bits per heavy atom. The van der Waals surface area contributed by atoms with E-state index in [0.29, 0.717) is 0 Å². The molecule has 2 aromatic carbocycles. The van der Waals surface area contributed by atoms with Crippen LogP contribution in [-0.2, 0) is 6.54 Å². The molecule has 26 heavy (non-hydrogen) atoms. The lowest BCUT2D eigenvalue weighted by atomic mass is 10.1. The van der Waals surface area contributed by atoms with Crippen molar-refractivity contribution in [1.82, 2.24) is 9.80 Å². The molecule has 4 heteroatoms. The summed E-state index contributed by atoms with van der Waals surface area (Å²) in [6, 6.07) is 19.0. The molecule has 3 aromatic rings. The van der Waals surface area contributed by atoms with Gasteiger partial charge in [-0.15, -0.1) is 11.3 Å². The van der Waals surface area contributed by atoms with Crippen LogP contribution in [0.4, 0.5) is 0 Å². The number of hydrogen-bond acceptors (Lipinski definition) is 3. The Kier molecular flexibility index (Phi) is 5.05. The fourth-order valence-electron chi connectivity index (χ4n) is 3.53. The van der Waals surface area contributed by atoms with Crippen molar-refractivity contribution in [2.75, 3.05) is 26.2 Å². The maximum absolute atomic E-state index is 12.9. The number of nitrogens with zero attached hydrogens (tertiary/aromatic N) is 2. The van der Waals surface area contributed by atoms with E-state index in [4.69, 9.17) is 0 Å². The fraction of sp³-hybridized carbons (Fsp3) is 0.318. The summed E-state index contributed by atoms with van der Waals surface area (Å²) in [4.78, 5) is 18.3. The predicted molar refractivity (Wildman–Crippen MR) is 109 cm³/mol. The standard InChI is InChI=1S/C22H24N2OS/c1-17-7-9-18(10-8-17)16-23-11-4-12-24(14-13-23)22(25)21-15-19-5-2-3-6-20(19)26-21/h2-3,5-10,15H,4,11-14,16H2,1H3. The minimum Gasteiger partial charge on any atom is -0.337 e. The van der Waals surface area contributed by atoms with Gasteiger partial charge in [0, 0.05) is 37.4 Å². The smallest absolute Gasteiger partial charge is 0.264 e. The normalized spacial score (nSPS) is 16.0. The van der Waals surface area contributed by atoms with Gasteiger partial charge >= 0.3 is 0 Å². The molecule has 0 atom stereocenters. The lowest BCUT2D eigenvalue weighted by molar-refractivity contribution is 0.0766. The fourth-order valence-corrected chi connectivity index (χ4v) is 4.56. The lowest BCUT2D eigenvalue weighted by Gasteiger charge is -2.21. The highest BCUT2D eigenvalue weighted by molar-refractivity contribution is 7.20. The van der Waals surface area contributed by atoms with Crippen molar-refractivity contribution < 1.29 is 4.79 Å². The second-order valence-corrected chi connectivity index (χ2v) is 8.14. The van der Waals surface area contributed by atoms with Crippen LogP contribution in [0.15, 0.2) is 54.6 Å². The second kappa shape index (κ2) is 7.60. The average Bonchev–Trinajstić information content (AvgIpc) is 2.96. The minimum atomic E-state index is 0.184. The van der Waals surface area contributed by atoms with Gasteiger partial charge in [-0.05, 0) is 36.4 Å². The maximum atomic E-state index is 12.9. The first-order valence-electron chi connectivity index (χ1n) is 9.25. The summed E-state index contributed by atoms with van der Waals surface area (Å²) in [5.41, 5.74) is 2.64. The quantitative estimate of drug-likeness (QED) is 0.680. The number of thiophene rings is 1. The Bertz CT molecular complexity index is 867. The van der Waals surface area contributed by atoms with Crippen LogP contribution < -0.4 is 0 Å². The van der Waals surface area contributed by atoms with E-state index in [1.54, 1.807) is 11.3 Å². The highest BCUT2D eigenvalue weighted by Gasteiger charge is 2.21. The van der Waals surface area contributed by atoms with E-state index in [1.807, 2.05) is 23.1 Å². The van der Waals surface area contributed by atoms with Gasteiger partial charge in [0.05, 0.1) is 4.88 Å². The molecule has 1 aliphatic rings. The zero-order valence-electron chi connectivity index (χ0n) is 15.1. The summed E-state index contributed by atoms with van der Waals surface area (Å²) in [6.07, 6.45) is 1.03. The molecule has 0 aliphatic carbocycles. The van der Waals surface area contributed by atoms with E-state index in [9.17, 15) is 4.79 Å². The first-order chi connectivity index (χ1) is 12.7. The largest absolute Gasteiger partial charge is 0.337 e. The molecular formula is C22H24N2OS. The Labute approximate surface area is 158 Å². The monoisotopic (exact) mass is 364 g/mol. The van der Waals surface area contributed by atoms with Crippen LogP contribution in [0.1, 0.15) is 27.2 Å². The number of carbonyl (C=O) groups excluding carboxylic acids is 1. The Balaban J connectivity index is 1.41. The van der Waals surface area contributed by atoms with Gasteiger partial charge in [0.15, 0.2) is 0 Å². The summed E-state index contributed by atoms with van der Waals surface area (Å²) in [5, 5.41) is 1.16. The third kappa shape index (κ3) is 3.81. The van der Waals surface area contributed by atoms with Crippen molar-refractivity contribution in [2.45, 2.75) is 19.9 Å². The first kappa shape index (κ1) is 17.3. The number of carbonyl (C=O) groups is 1. The molecule has 1 fully saturated rings. The molecule has 0 radical (unpaired) electrons. The van der Waals surface area contributed by atoms with Gasteiger partial charge in [0.1, 0.15) is 0 Å². The first-order valence-corrected chi connectivity index (χ1v) is 10.1. The van der Waals surface area contributed by atoms with Gasteiger partial charge in [0.25, 0.3) is 5.91 Å². The molecule has 0 spiro atoms. The number of aryl methyl sites for hydroxylation is 1. The van der Waals surface area contributed by atoms with Crippen molar-refractivity contribution >= 4 is 27.3 Å². The van der Waals surface area contributed by atoms with E-state index >= 15 is 0 Å². The minimum absolute atomic E-state index is 0.184. The molecule has 1 aliphatic heterocycles. The molecular weight excluding hydrogens is 340 g/mol. The highest BCUT2D eigenvalue weighted by Crippen LogP contribution is 2.26. The summed E-state index contributed by atoms with van der Waals surface area (Å²) < 4.78 is 1.19. The van der Waals surface area contributed by atoms with Crippen LogP contribution in [0.2, 0.25) is 0 Å². The van der Waals surface area contributed by atoms with Gasteiger partial charge in [0.2, 0.25) is 0 Å². The molecule has 1 aromatic heterocycles. The van der Waals surface area contributed by atoms with E-state index in [2.05, 4.69) is 48.2 Å². The second-order valence-electron chi connectivity index (χ2n) is 7.06. The Morgan fingerprint density at radius 2 is 1.81 bits per heavy atom. The van der Waals surface area contributed by atoms with Gasteiger partial charge in [-0.3, -0.25) is 9.69 Å². The van der Waals surface area contributed by atoms with Crippen LogP contribution in [0.25, 0.3) is 10.1 Å². The van der Waals surface area contributed by atoms with E-state index in [-0.39, 0.29) is 5.91 Å². The SMILES string of the molecule is Cc1ccc(CN2CCCN(C(=O)c3cc4ccccc4s3)CC2)cc1. The lowest BCUT2D eigenvalue weighted by Crippen LogP contribution is -2.34. The third-order valence-corrected chi connectivity index (χ3v) is 6.14. The third-order valence-electron chi connectivity index (χ3n) is 5.04. The summed E-state index contributed by atoms with van der Waals surface area (Å²) in [6.45, 7) is 6.71. The molecule has 3 nitrogen and oxygen atoms in total. The molecule has 1 saturated heterocycles. The van der Waals surface area contributed by atoms with Gasteiger partial charge in [-0.2, -0.15) is 0 Å². The Hall–Kier alpha value is -2.17. The van der Waals surface area contributed by atoms with Crippen molar-refractivity contribution in [2.24, 2.45) is 0 Å². The summed E-state index contributed by atoms with van der Waals surface area (Å²) in [5.74, 6) is 0.184. The van der Waals surface area contributed by atoms with E-state index < -0.39 is 0 Å². The molecule has 1 amide bonds. The van der Waals surface area contributed by atoms with Crippen LogP contribution in [-0.4, -0.2) is 41.9 Å². The van der Waals surface area contributed by atoms with Crippen molar-refractivity contribution in [3.05, 3.63) is 70.6 Å². The summed E-state index contributed by atoms with van der Waals surface area (Å²) >= 11 is 1.61. The number of fused-ring (bicyclic) bond motifs is 1. The molecule has 134 valence electrons. The summed E-state index contributed by atoms with van der Waals surface area (Å²) in [7, 11) is 0. The predicted octanol–water partition coefficient (Wildman–Crippen LogP) is 4.56. The van der Waals surface area contributed by atoms with Crippen LogP contribution in [0.5, 0.6) is 0 Å². The van der Waals surface area contributed by atoms with Crippen LogP contribution in [0.3, 0.4) is 0 Å². The topological polar surface area (TPSA) is 23.6 Å². The van der Waals surface area contributed by atoms with Gasteiger partial charge in [-0.1, -0.05) is 48.0 Å². The molecule has 0 unspecified atom stereocenters. The average molecular weight is 365 g/mol. The number of hydrogen-bond donors (Lipinski definition) is 0. The van der Waals surface area contributed by atoms with Crippen molar-refractivity contribution in [3.63, 3.8) is 0 Å². The number of amides is 1. The zero-order valence-corrected chi connectivity index (χ0v) is 16.0. The van der Waals surface area contributed by atoms with Crippen LogP contribution >= 0.6 is 11.3 Å². The van der Waals surface area contributed by atoms with Gasteiger partial charge < -0.3 is 4.90 Å². The molecule has 0 N–H and O–H groups in total. The molecule has 2 heterocycles. The van der Waals surface area contributed by atoms with Crippen molar-refractivity contribution in [3.8, 4) is 0 Å². The zero-order chi connectivity index (χ0) is 17.9. The van der Waals surface area contributed by atoms with E-state index in [0.717, 1.165) is 49.4 Å². The van der Waals surface area contributed by atoms with E-state index in [1.165, 1.54) is 15.8 Å². The maximum Gasteiger partial charge on any atom is 0.264 e. The number of benzene rings is 2. The molecule has 4 rings (SSSR count). The van der Waals surface area contributed by atoms with Crippen molar-refractivity contribution in [1.29, 1.82) is 0 Å². The van der Waals surface area contributed by atoms with Gasteiger partial charge in [-0.25, -0.2) is 0 Å². The molecule has 0 bridgehead atoms. The Morgan fingerprint density at radius 3 is 2.62 bits per heavy atom. The van der Waals surface area contributed by atoms with Crippen LogP contribution in [0, 0.1) is 6.92 Å². The number of rotatable bonds is 3. The highest BCUT2D eigenvalue weighted by atomic mass is 32.1. The molecule has 0 saturated carbocycles.